The molecule has 0 radical (unpaired) electrons. The number of hydrogen-bond donors (Lipinski definition) is 0. The highest BCUT2D eigenvalue weighted by atomic mass is 32.2. The zero-order valence-electron chi connectivity index (χ0n) is 7.70. The van der Waals surface area contributed by atoms with E-state index in [1.807, 2.05) is 0 Å². The molecule has 1 heteroatoms. The number of rotatable bonds is 0. The van der Waals surface area contributed by atoms with E-state index >= 15 is 0 Å². The molecule has 2 aliphatic rings. The van der Waals surface area contributed by atoms with Gasteiger partial charge in [-0.25, -0.2) is 0 Å². The molecule has 1 aliphatic carbocycles. The van der Waals surface area contributed by atoms with Crippen molar-refractivity contribution in [2.45, 2.75) is 41.7 Å². The highest BCUT2D eigenvalue weighted by molar-refractivity contribution is 8.00. The zero-order chi connectivity index (χ0) is 8.67. The van der Waals surface area contributed by atoms with Gasteiger partial charge in [0.15, 0.2) is 0 Å². The molecule has 0 saturated heterocycles. The molecule has 1 heterocycles. The van der Waals surface area contributed by atoms with E-state index in [0.29, 0.717) is 0 Å². The zero-order valence-corrected chi connectivity index (χ0v) is 8.52. The van der Waals surface area contributed by atoms with Gasteiger partial charge in [0.1, 0.15) is 0 Å². The number of benzene rings is 1. The Morgan fingerprint density at radius 1 is 1.08 bits per heavy atom. The Labute approximate surface area is 83.7 Å². The summed E-state index contributed by atoms with van der Waals surface area (Å²) in [5.41, 5.74) is 1.64. The number of hydrogen-bond acceptors (Lipinski definition) is 1. The van der Waals surface area contributed by atoms with Crippen molar-refractivity contribution < 1.29 is 0 Å². The molecule has 1 unspecified atom stereocenters. The van der Waals surface area contributed by atoms with Gasteiger partial charge in [-0.1, -0.05) is 31.0 Å². The third-order valence-electron chi connectivity index (χ3n) is 3.30. The minimum absolute atomic E-state index is 0.884. The Balaban J connectivity index is 2.01. The molecule has 1 aromatic rings. The summed E-state index contributed by atoms with van der Waals surface area (Å²) in [6, 6.07) is 8.98. The van der Waals surface area contributed by atoms with E-state index in [1.54, 1.807) is 10.5 Å². The fraction of sp³-hybridized carbons (Fsp3) is 0.500. The second kappa shape index (κ2) is 3.06. The van der Waals surface area contributed by atoms with Gasteiger partial charge in [0.2, 0.25) is 0 Å². The van der Waals surface area contributed by atoms with Crippen LogP contribution in [0.5, 0.6) is 0 Å². The number of fused-ring (bicyclic) bond motifs is 3. The lowest BCUT2D eigenvalue weighted by atomic mass is 9.84. The van der Waals surface area contributed by atoms with Crippen LogP contribution in [0.3, 0.4) is 0 Å². The van der Waals surface area contributed by atoms with Gasteiger partial charge in [-0.3, -0.25) is 0 Å². The molecule has 1 saturated carbocycles. The largest absolute Gasteiger partial charge is 0.122 e. The molecule has 1 aromatic carbocycles. The highest BCUT2D eigenvalue weighted by Gasteiger charge is 2.34. The SMILES string of the molecule is c1ccc2c(c1)SC1CCCC[C@H]21. The van der Waals surface area contributed by atoms with Crippen LogP contribution in [0.4, 0.5) is 0 Å². The lowest BCUT2D eigenvalue weighted by Crippen LogP contribution is -2.14. The van der Waals surface area contributed by atoms with Crippen LogP contribution in [0, 0.1) is 0 Å². The molecular formula is C12H14S. The van der Waals surface area contributed by atoms with Crippen molar-refractivity contribution in [3.63, 3.8) is 0 Å². The lowest BCUT2D eigenvalue weighted by molar-refractivity contribution is 0.461. The van der Waals surface area contributed by atoms with Gasteiger partial charge in [0, 0.05) is 10.1 Å². The summed E-state index contributed by atoms with van der Waals surface area (Å²) in [6.45, 7) is 0. The summed E-state index contributed by atoms with van der Waals surface area (Å²) >= 11 is 2.12. The summed E-state index contributed by atoms with van der Waals surface area (Å²) in [5.74, 6) is 0.884. The quantitative estimate of drug-likeness (QED) is 0.599. The molecular weight excluding hydrogens is 176 g/mol. The average molecular weight is 190 g/mol. The molecule has 13 heavy (non-hydrogen) atoms. The molecule has 0 nitrogen and oxygen atoms in total. The first-order chi connectivity index (χ1) is 6.45. The van der Waals surface area contributed by atoms with Crippen molar-refractivity contribution in [1.82, 2.24) is 0 Å². The first-order valence-electron chi connectivity index (χ1n) is 5.21. The predicted molar refractivity (Wildman–Crippen MR) is 57.3 cm³/mol. The van der Waals surface area contributed by atoms with E-state index in [1.165, 1.54) is 25.7 Å². The van der Waals surface area contributed by atoms with Gasteiger partial charge in [-0.05, 0) is 30.4 Å². The van der Waals surface area contributed by atoms with Crippen LogP contribution in [-0.4, -0.2) is 5.25 Å². The maximum absolute atomic E-state index is 2.33. The Kier molecular flexibility index (Phi) is 1.86. The molecule has 0 N–H and O–H groups in total. The van der Waals surface area contributed by atoms with Crippen molar-refractivity contribution >= 4 is 11.8 Å². The highest BCUT2D eigenvalue weighted by Crippen LogP contribution is 2.51. The second-order valence-electron chi connectivity index (χ2n) is 4.09. The van der Waals surface area contributed by atoms with E-state index in [4.69, 9.17) is 0 Å². The Morgan fingerprint density at radius 2 is 1.92 bits per heavy atom. The summed E-state index contributed by atoms with van der Waals surface area (Å²) in [7, 11) is 0. The molecule has 1 aliphatic heterocycles. The minimum atomic E-state index is 0.884. The number of thioether (sulfide) groups is 1. The fourth-order valence-corrected chi connectivity index (χ4v) is 4.22. The predicted octanol–water partition coefficient (Wildman–Crippen LogP) is 3.82. The Morgan fingerprint density at radius 3 is 2.92 bits per heavy atom. The van der Waals surface area contributed by atoms with E-state index < -0.39 is 0 Å². The van der Waals surface area contributed by atoms with Gasteiger partial charge in [-0.15, -0.1) is 11.8 Å². The monoisotopic (exact) mass is 190 g/mol. The molecule has 3 rings (SSSR count). The third-order valence-corrected chi connectivity index (χ3v) is 4.79. The van der Waals surface area contributed by atoms with E-state index in [0.717, 1.165) is 11.2 Å². The van der Waals surface area contributed by atoms with Crippen LogP contribution in [-0.2, 0) is 0 Å². The summed E-state index contributed by atoms with van der Waals surface area (Å²) in [6.07, 6.45) is 5.75. The third kappa shape index (κ3) is 1.21. The second-order valence-corrected chi connectivity index (χ2v) is 5.37. The van der Waals surface area contributed by atoms with E-state index in [-0.39, 0.29) is 0 Å². The Hall–Kier alpha value is -0.430. The van der Waals surface area contributed by atoms with Gasteiger partial charge >= 0.3 is 0 Å². The first-order valence-corrected chi connectivity index (χ1v) is 6.09. The molecule has 2 atom stereocenters. The van der Waals surface area contributed by atoms with Crippen LogP contribution >= 0.6 is 11.8 Å². The van der Waals surface area contributed by atoms with Crippen LogP contribution in [0.1, 0.15) is 37.2 Å². The van der Waals surface area contributed by atoms with Crippen LogP contribution in [0.15, 0.2) is 29.2 Å². The molecule has 0 aromatic heterocycles. The normalized spacial score (nSPS) is 31.1. The smallest absolute Gasteiger partial charge is 0.0164 e. The molecule has 1 fully saturated rings. The van der Waals surface area contributed by atoms with Crippen molar-refractivity contribution in [3.05, 3.63) is 29.8 Å². The van der Waals surface area contributed by atoms with Crippen LogP contribution in [0.2, 0.25) is 0 Å². The summed E-state index contributed by atoms with van der Waals surface area (Å²) in [4.78, 5) is 1.56. The van der Waals surface area contributed by atoms with E-state index in [2.05, 4.69) is 36.0 Å². The minimum Gasteiger partial charge on any atom is -0.122 e. The molecule has 68 valence electrons. The van der Waals surface area contributed by atoms with Crippen LogP contribution in [0.25, 0.3) is 0 Å². The topological polar surface area (TPSA) is 0 Å². The molecule has 0 amide bonds. The van der Waals surface area contributed by atoms with Crippen LogP contribution < -0.4 is 0 Å². The van der Waals surface area contributed by atoms with Crippen molar-refractivity contribution in [1.29, 1.82) is 0 Å². The maximum Gasteiger partial charge on any atom is 0.0164 e. The first kappa shape index (κ1) is 7.93. The lowest BCUT2D eigenvalue weighted by Gasteiger charge is -2.24. The summed E-state index contributed by atoms with van der Waals surface area (Å²) < 4.78 is 0. The fourth-order valence-electron chi connectivity index (χ4n) is 2.65. The summed E-state index contributed by atoms with van der Waals surface area (Å²) in [5, 5.41) is 0.908. The van der Waals surface area contributed by atoms with Gasteiger partial charge in [0.25, 0.3) is 0 Å². The standard InChI is InChI=1S/C12H14S/c1-3-7-11-9(5-1)10-6-2-4-8-12(10)13-11/h1,3,5,7,10,12H,2,4,6,8H2/t10-,12?/m1/s1. The van der Waals surface area contributed by atoms with Gasteiger partial charge < -0.3 is 0 Å². The van der Waals surface area contributed by atoms with Gasteiger partial charge in [0.05, 0.1) is 0 Å². The van der Waals surface area contributed by atoms with Crippen molar-refractivity contribution in [2.75, 3.05) is 0 Å². The maximum atomic E-state index is 2.33. The van der Waals surface area contributed by atoms with E-state index in [9.17, 15) is 0 Å². The van der Waals surface area contributed by atoms with Gasteiger partial charge in [-0.2, -0.15) is 0 Å². The molecule has 0 bridgehead atoms. The van der Waals surface area contributed by atoms with Crippen molar-refractivity contribution in [3.8, 4) is 0 Å². The molecule has 0 spiro atoms. The average Bonchev–Trinajstić information content (AvgIpc) is 2.56. The Bertz CT molecular complexity index is 319. The van der Waals surface area contributed by atoms with Crippen molar-refractivity contribution in [2.24, 2.45) is 0 Å².